The maximum atomic E-state index is 12.9. The number of carbonyl (C=O) groups excluding carboxylic acids is 1. The van der Waals surface area contributed by atoms with Gasteiger partial charge in [0.25, 0.3) is 0 Å². The van der Waals surface area contributed by atoms with Gasteiger partial charge in [0.1, 0.15) is 11.9 Å². The van der Waals surface area contributed by atoms with E-state index in [-0.39, 0.29) is 12.7 Å². The molecular formula is C21H26N4O3. The first-order chi connectivity index (χ1) is 13.5. The van der Waals surface area contributed by atoms with E-state index in [4.69, 9.17) is 9.47 Å². The summed E-state index contributed by atoms with van der Waals surface area (Å²) < 4.78 is 10.8. The van der Waals surface area contributed by atoms with Crippen molar-refractivity contribution < 1.29 is 14.3 Å². The van der Waals surface area contributed by atoms with Crippen LogP contribution in [0.4, 0.5) is 0 Å². The van der Waals surface area contributed by atoms with E-state index in [1.807, 2.05) is 37.2 Å². The highest BCUT2D eigenvalue weighted by Gasteiger charge is 2.25. The fourth-order valence-corrected chi connectivity index (χ4v) is 3.96. The van der Waals surface area contributed by atoms with Crippen molar-refractivity contribution in [3.05, 3.63) is 46.5 Å². The predicted molar refractivity (Wildman–Crippen MR) is 105 cm³/mol. The molecule has 0 saturated carbocycles. The average molecular weight is 382 g/mol. The summed E-state index contributed by atoms with van der Waals surface area (Å²) in [5.41, 5.74) is 4.44. The minimum absolute atomic E-state index is 0.0539. The molecule has 7 heteroatoms. The highest BCUT2D eigenvalue weighted by molar-refractivity contribution is 5.83. The van der Waals surface area contributed by atoms with Gasteiger partial charge in [-0.3, -0.25) is 9.69 Å². The van der Waals surface area contributed by atoms with Crippen molar-refractivity contribution in [2.24, 2.45) is 0 Å². The Morgan fingerprint density at radius 3 is 2.86 bits per heavy atom. The molecule has 1 aliphatic heterocycles. The van der Waals surface area contributed by atoms with Crippen molar-refractivity contribution >= 4 is 5.91 Å². The Kier molecular flexibility index (Phi) is 5.17. The Balaban J connectivity index is 1.41. The molecule has 0 saturated heterocycles. The lowest BCUT2D eigenvalue weighted by atomic mass is 10.0. The molecule has 0 fully saturated rings. The molecule has 1 unspecified atom stereocenters. The van der Waals surface area contributed by atoms with E-state index in [1.54, 1.807) is 0 Å². The van der Waals surface area contributed by atoms with Gasteiger partial charge in [-0.2, -0.15) is 0 Å². The van der Waals surface area contributed by atoms with Crippen molar-refractivity contribution in [1.82, 2.24) is 20.2 Å². The maximum absolute atomic E-state index is 12.9. The molecule has 2 heterocycles. The topological polar surface area (TPSA) is 76.6 Å². The van der Waals surface area contributed by atoms with Gasteiger partial charge >= 0.3 is 0 Å². The second kappa shape index (κ2) is 7.75. The van der Waals surface area contributed by atoms with Crippen molar-refractivity contribution in [2.45, 2.75) is 38.6 Å². The minimum atomic E-state index is -0.405. The number of ether oxygens (including phenoxy) is 2. The van der Waals surface area contributed by atoms with Gasteiger partial charge in [0.05, 0.1) is 0 Å². The van der Waals surface area contributed by atoms with Crippen LogP contribution >= 0.6 is 0 Å². The number of amides is 1. The number of rotatable bonds is 6. The first kappa shape index (κ1) is 18.7. The summed E-state index contributed by atoms with van der Waals surface area (Å²) in [6.07, 6.45) is 3.90. The molecule has 4 rings (SSSR count). The van der Waals surface area contributed by atoms with Crippen LogP contribution in [0.2, 0.25) is 0 Å². The van der Waals surface area contributed by atoms with Crippen LogP contribution < -0.4 is 14.8 Å². The smallest absolute Gasteiger partial charge is 0.241 e. The molecule has 0 radical (unpaired) electrons. The maximum Gasteiger partial charge on any atom is 0.241 e. The molecule has 1 aliphatic carbocycles. The second-order valence-corrected chi connectivity index (χ2v) is 7.52. The molecule has 2 aliphatic rings. The van der Waals surface area contributed by atoms with Crippen LogP contribution in [0.15, 0.2) is 18.2 Å². The summed E-state index contributed by atoms with van der Waals surface area (Å²) in [5.74, 6) is 2.15. The molecule has 1 aromatic heterocycles. The van der Waals surface area contributed by atoms with Crippen LogP contribution in [0, 0.1) is 6.92 Å². The quantitative estimate of drug-likeness (QED) is 0.823. The summed E-state index contributed by atoms with van der Waals surface area (Å²) in [6, 6.07) is 5.23. The van der Waals surface area contributed by atoms with E-state index in [1.165, 1.54) is 11.3 Å². The summed E-state index contributed by atoms with van der Waals surface area (Å²) in [4.78, 5) is 24.1. The molecule has 28 heavy (non-hydrogen) atoms. The van der Waals surface area contributed by atoms with Crippen LogP contribution in [0.5, 0.6) is 11.5 Å². The minimum Gasteiger partial charge on any atom is -0.454 e. The summed E-state index contributed by atoms with van der Waals surface area (Å²) in [6.45, 7) is 2.78. The van der Waals surface area contributed by atoms with Gasteiger partial charge in [0, 0.05) is 24.4 Å². The Hall–Kier alpha value is -2.67. The number of fused-ring (bicyclic) bond motifs is 2. The van der Waals surface area contributed by atoms with Crippen LogP contribution in [0.25, 0.3) is 0 Å². The molecule has 7 nitrogen and oxygen atoms in total. The molecule has 0 bridgehead atoms. The van der Waals surface area contributed by atoms with E-state index in [2.05, 4.69) is 22.2 Å². The first-order valence-corrected chi connectivity index (χ1v) is 9.72. The fourth-order valence-electron chi connectivity index (χ4n) is 3.96. The standard InChI is InChI=1S/C21H26N4O3/c1-13-15-5-4-6-16(15)24-19(23-13)9-10-22-21(26)20(25(2)3)14-7-8-17-18(11-14)28-12-27-17/h7-8,11,20H,4-6,9-10,12H2,1-3H3,(H,22,26). The largest absolute Gasteiger partial charge is 0.454 e. The van der Waals surface area contributed by atoms with Gasteiger partial charge in [-0.1, -0.05) is 6.07 Å². The summed E-state index contributed by atoms with van der Waals surface area (Å²) in [7, 11) is 3.78. The van der Waals surface area contributed by atoms with E-state index >= 15 is 0 Å². The van der Waals surface area contributed by atoms with Gasteiger partial charge in [-0.25, -0.2) is 9.97 Å². The number of carbonyl (C=O) groups is 1. The number of benzene rings is 1. The zero-order chi connectivity index (χ0) is 19.7. The highest BCUT2D eigenvalue weighted by atomic mass is 16.7. The monoisotopic (exact) mass is 382 g/mol. The summed E-state index contributed by atoms with van der Waals surface area (Å²) in [5, 5.41) is 3.03. The molecule has 148 valence electrons. The normalized spacial score (nSPS) is 15.6. The number of nitrogens with one attached hydrogen (secondary N) is 1. The predicted octanol–water partition coefficient (Wildman–Crippen LogP) is 1.96. The zero-order valence-corrected chi connectivity index (χ0v) is 16.6. The lowest BCUT2D eigenvalue weighted by Gasteiger charge is -2.24. The number of aromatic nitrogens is 2. The van der Waals surface area contributed by atoms with Crippen molar-refractivity contribution in [3.8, 4) is 11.5 Å². The van der Waals surface area contributed by atoms with Crippen LogP contribution in [0.1, 0.15) is 40.8 Å². The van der Waals surface area contributed by atoms with Crippen molar-refractivity contribution in [3.63, 3.8) is 0 Å². The molecular weight excluding hydrogens is 356 g/mol. The number of hydrogen-bond acceptors (Lipinski definition) is 6. The van der Waals surface area contributed by atoms with E-state index in [9.17, 15) is 4.79 Å². The third-order valence-corrected chi connectivity index (χ3v) is 5.31. The molecule has 1 aromatic carbocycles. The van der Waals surface area contributed by atoms with Crippen LogP contribution in [0.3, 0.4) is 0 Å². The zero-order valence-electron chi connectivity index (χ0n) is 16.6. The third-order valence-electron chi connectivity index (χ3n) is 5.31. The molecule has 0 spiro atoms. The van der Waals surface area contributed by atoms with E-state index < -0.39 is 6.04 Å². The second-order valence-electron chi connectivity index (χ2n) is 7.52. The SMILES string of the molecule is Cc1nc(CCNC(=O)C(c2ccc3c(c2)OCO3)N(C)C)nc2c1CCC2. The fraction of sp³-hybridized carbons (Fsp3) is 0.476. The Bertz CT molecular complexity index is 897. The molecule has 2 aromatic rings. The van der Waals surface area contributed by atoms with Crippen molar-refractivity contribution in [2.75, 3.05) is 27.4 Å². The molecule has 1 atom stereocenters. The number of hydrogen-bond donors (Lipinski definition) is 1. The first-order valence-electron chi connectivity index (χ1n) is 9.72. The average Bonchev–Trinajstić information content (AvgIpc) is 3.30. The summed E-state index contributed by atoms with van der Waals surface area (Å²) >= 11 is 0. The van der Waals surface area contributed by atoms with Crippen LogP contribution in [-0.4, -0.2) is 48.2 Å². The molecule has 1 amide bonds. The van der Waals surface area contributed by atoms with E-state index in [0.717, 1.165) is 36.3 Å². The lowest BCUT2D eigenvalue weighted by Crippen LogP contribution is -2.38. The molecule has 1 N–H and O–H groups in total. The van der Waals surface area contributed by atoms with Gasteiger partial charge in [0.2, 0.25) is 12.7 Å². The van der Waals surface area contributed by atoms with Gasteiger partial charge in [-0.15, -0.1) is 0 Å². The van der Waals surface area contributed by atoms with E-state index in [0.29, 0.717) is 24.5 Å². The third kappa shape index (κ3) is 3.67. The van der Waals surface area contributed by atoms with Crippen LogP contribution in [-0.2, 0) is 24.1 Å². The Morgan fingerprint density at radius 2 is 2.04 bits per heavy atom. The van der Waals surface area contributed by atoms with Gasteiger partial charge in [0.15, 0.2) is 11.5 Å². The van der Waals surface area contributed by atoms with Gasteiger partial charge in [-0.05, 0) is 63.5 Å². The Labute approximate surface area is 165 Å². The lowest BCUT2D eigenvalue weighted by molar-refractivity contribution is -0.125. The number of aryl methyl sites for hydroxylation is 2. The highest BCUT2D eigenvalue weighted by Crippen LogP contribution is 2.35. The number of likely N-dealkylation sites (N-methyl/N-ethyl adjacent to an activating group) is 1. The Morgan fingerprint density at radius 1 is 1.21 bits per heavy atom. The van der Waals surface area contributed by atoms with Crippen molar-refractivity contribution in [1.29, 1.82) is 0 Å². The van der Waals surface area contributed by atoms with Gasteiger partial charge < -0.3 is 14.8 Å². The number of nitrogens with zero attached hydrogens (tertiary/aromatic N) is 3.